The first-order valence-corrected chi connectivity index (χ1v) is 9.00. The molecular weight excluding hydrogens is 380 g/mol. The Morgan fingerprint density at radius 3 is 2.54 bits per heavy atom. The molecule has 144 valence electrons. The van der Waals surface area contributed by atoms with Crippen LogP contribution in [0.15, 0.2) is 65.1 Å². The van der Waals surface area contributed by atoms with Crippen molar-refractivity contribution in [3.63, 3.8) is 0 Å². The molecule has 7 heteroatoms. The number of carbonyl (C=O) groups is 2. The Bertz CT molecular complexity index is 967. The van der Waals surface area contributed by atoms with Gasteiger partial charge in [0.25, 0.3) is 5.91 Å². The predicted molar refractivity (Wildman–Crippen MR) is 107 cm³/mol. The van der Waals surface area contributed by atoms with Crippen LogP contribution in [0.3, 0.4) is 0 Å². The van der Waals surface area contributed by atoms with Crippen LogP contribution in [0.25, 0.3) is 0 Å². The summed E-state index contributed by atoms with van der Waals surface area (Å²) in [5.74, 6) is 0.546. The largest absolute Gasteiger partial charge is 0.485 e. The summed E-state index contributed by atoms with van der Waals surface area (Å²) < 4.78 is 11.2. The SMILES string of the molecule is Cc1ccccc1OCc1ccc(C(=O)NCC(=O)Nc2ccc(Cl)cc2)o1. The van der Waals surface area contributed by atoms with Gasteiger partial charge in [-0.2, -0.15) is 0 Å². The van der Waals surface area contributed by atoms with E-state index >= 15 is 0 Å². The zero-order chi connectivity index (χ0) is 19.9. The molecule has 3 aromatic rings. The second-order valence-electron chi connectivity index (χ2n) is 6.06. The quantitative estimate of drug-likeness (QED) is 0.625. The first-order valence-electron chi connectivity index (χ1n) is 8.62. The number of benzene rings is 2. The topological polar surface area (TPSA) is 80.6 Å². The number of nitrogens with one attached hydrogen (secondary N) is 2. The van der Waals surface area contributed by atoms with Gasteiger partial charge in [0, 0.05) is 10.7 Å². The number of hydrogen-bond acceptors (Lipinski definition) is 4. The lowest BCUT2D eigenvalue weighted by Crippen LogP contribution is -2.32. The van der Waals surface area contributed by atoms with Crippen molar-refractivity contribution >= 4 is 29.1 Å². The maximum atomic E-state index is 12.1. The van der Waals surface area contributed by atoms with Crippen molar-refractivity contribution in [1.82, 2.24) is 5.32 Å². The highest BCUT2D eigenvalue weighted by Crippen LogP contribution is 2.18. The number of aryl methyl sites for hydroxylation is 1. The van der Waals surface area contributed by atoms with E-state index in [-0.39, 0.29) is 24.8 Å². The molecule has 0 atom stereocenters. The molecule has 1 aromatic heterocycles. The molecule has 0 aliphatic heterocycles. The highest BCUT2D eigenvalue weighted by molar-refractivity contribution is 6.30. The van der Waals surface area contributed by atoms with Gasteiger partial charge in [0.15, 0.2) is 5.76 Å². The lowest BCUT2D eigenvalue weighted by Gasteiger charge is -2.07. The van der Waals surface area contributed by atoms with Crippen molar-refractivity contribution in [2.45, 2.75) is 13.5 Å². The zero-order valence-corrected chi connectivity index (χ0v) is 16.0. The molecule has 0 radical (unpaired) electrons. The van der Waals surface area contributed by atoms with Crippen molar-refractivity contribution in [1.29, 1.82) is 0 Å². The van der Waals surface area contributed by atoms with Gasteiger partial charge in [-0.25, -0.2) is 0 Å². The Morgan fingerprint density at radius 2 is 1.79 bits per heavy atom. The van der Waals surface area contributed by atoms with Gasteiger partial charge in [-0.05, 0) is 55.0 Å². The summed E-state index contributed by atoms with van der Waals surface area (Å²) in [6.45, 7) is 1.97. The number of hydrogen-bond donors (Lipinski definition) is 2. The molecule has 0 aliphatic carbocycles. The number of furan rings is 1. The maximum absolute atomic E-state index is 12.1. The average Bonchev–Trinajstić information content (AvgIpc) is 3.16. The van der Waals surface area contributed by atoms with Crippen LogP contribution in [0.1, 0.15) is 21.9 Å². The predicted octanol–water partition coefficient (Wildman–Crippen LogP) is 4.19. The summed E-state index contributed by atoms with van der Waals surface area (Å²) >= 11 is 5.80. The molecule has 2 N–H and O–H groups in total. The lowest BCUT2D eigenvalue weighted by molar-refractivity contribution is -0.115. The van der Waals surface area contributed by atoms with Crippen LogP contribution in [0.2, 0.25) is 5.02 Å². The van der Waals surface area contributed by atoms with Crippen LogP contribution in [0, 0.1) is 6.92 Å². The first-order chi connectivity index (χ1) is 13.5. The number of para-hydroxylation sites is 1. The van der Waals surface area contributed by atoms with E-state index < -0.39 is 5.91 Å². The molecule has 2 amide bonds. The van der Waals surface area contributed by atoms with E-state index in [0.717, 1.165) is 11.3 Å². The number of amides is 2. The number of anilines is 1. The van der Waals surface area contributed by atoms with Gasteiger partial charge < -0.3 is 19.8 Å². The molecule has 0 unspecified atom stereocenters. The standard InChI is InChI=1S/C21H19ClN2O4/c1-14-4-2-3-5-18(14)27-13-17-10-11-19(28-17)21(26)23-12-20(25)24-16-8-6-15(22)7-9-16/h2-11H,12-13H2,1H3,(H,23,26)(H,24,25). The molecule has 1 heterocycles. The minimum Gasteiger partial charge on any atom is -0.485 e. The number of rotatable bonds is 7. The fourth-order valence-corrected chi connectivity index (χ4v) is 2.56. The molecular formula is C21H19ClN2O4. The van der Waals surface area contributed by atoms with Crippen molar-refractivity contribution in [3.8, 4) is 5.75 Å². The molecule has 0 aliphatic rings. The third-order valence-electron chi connectivity index (χ3n) is 3.89. The lowest BCUT2D eigenvalue weighted by atomic mass is 10.2. The molecule has 3 rings (SSSR count). The van der Waals surface area contributed by atoms with Crippen molar-refractivity contribution in [2.75, 3.05) is 11.9 Å². The number of halogens is 1. The van der Waals surface area contributed by atoms with Crippen LogP contribution >= 0.6 is 11.6 Å². The molecule has 0 spiro atoms. The first kappa shape index (κ1) is 19.5. The normalized spacial score (nSPS) is 10.4. The highest BCUT2D eigenvalue weighted by Gasteiger charge is 2.13. The van der Waals surface area contributed by atoms with E-state index in [1.807, 2.05) is 31.2 Å². The smallest absolute Gasteiger partial charge is 0.287 e. The Balaban J connectivity index is 1.47. The molecule has 0 bridgehead atoms. The van der Waals surface area contributed by atoms with Crippen LogP contribution < -0.4 is 15.4 Å². The highest BCUT2D eigenvalue weighted by atomic mass is 35.5. The Kier molecular flexibility index (Phi) is 6.34. The third kappa shape index (κ3) is 5.37. The zero-order valence-electron chi connectivity index (χ0n) is 15.2. The van der Waals surface area contributed by atoms with Crippen molar-refractivity contribution < 1.29 is 18.7 Å². The van der Waals surface area contributed by atoms with Gasteiger partial charge in [-0.3, -0.25) is 9.59 Å². The molecule has 6 nitrogen and oxygen atoms in total. The summed E-state index contributed by atoms with van der Waals surface area (Å²) in [6, 6.07) is 17.5. The summed E-state index contributed by atoms with van der Waals surface area (Å²) in [4.78, 5) is 24.1. The molecule has 0 fully saturated rings. The van der Waals surface area contributed by atoms with E-state index in [9.17, 15) is 9.59 Å². The average molecular weight is 399 g/mol. The molecule has 28 heavy (non-hydrogen) atoms. The summed E-state index contributed by atoms with van der Waals surface area (Å²) in [7, 11) is 0. The Hall–Kier alpha value is -3.25. The summed E-state index contributed by atoms with van der Waals surface area (Å²) in [5.41, 5.74) is 1.61. The van der Waals surface area contributed by atoms with Crippen LogP contribution in [0.4, 0.5) is 5.69 Å². The van der Waals surface area contributed by atoms with Crippen LogP contribution in [-0.2, 0) is 11.4 Å². The minimum atomic E-state index is -0.478. The summed E-state index contributed by atoms with van der Waals surface area (Å²) in [5, 5.41) is 5.75. The molecule has 0 saturated carbocycles. The van der Waals surface area contributed by atoms with E-state index in [2.05, 4.69) is 10.6 Å². The Labute approximate surface area is 167 Å². The van der Waals surface area contributed by atoms with Gasteiger partial charge in [-0.15, -0.1) is 0 Å². The molecule has 2 aromatic carbocycles. The third-order valence-corrected chi connectivity index (χ3v) is 4.14. The van der Waals surface area contributed by atoms with Gasteiger partial charge in [0.05, 0.1) is 6.54 Å². The fraction of sp³-hybridized carbons (Fsp3) is 0.143. The summed E-state index contributed by atoms with van der Waals surface area (Å²) in [6.07, 6.45) is 0. The maximum Gasteiger partial charge on any atom is 0.287 e. The van der Waals surface area contributed by atoms with Gasteiger partial charge >= 0.3 is 0 Å². The monoisotopic (exact) mass is 398 g/mol. The van der Waals surface area contributed by atoms with E-state index in [0.29, 0.717) is 16.5 Å². The van der Waals surface area contributed by atoms with Crippen molar-refractivity contribution in [2.24, 2.45) is 0 Å². The van der Waals surface area contributed by atoms with E-state index in [1.165, 1.54) is 0 Å². The van der Waals surface area contributed by atoms with Gasteiger partial charge in [-0.1, -0.05) is 29.8 Å². The second kappa shape index (κ2) is 9.10. The second-order valence-corrected chi connectivity index (χ2v) is 6.49. The van der Waals surface area contributed by atoms with Crippen LogP contribution in [-0.4, -0.2) is 18.4 Å². The number of ether oxygens (including phenoxy) is 1. The molecule has 0 saturated heterocycles. The Morgan fingerprint density at radius 1 is 1.04 bits per heavy atom. The number of carbonyl (C=O) groups excluding carboxylic acids is 2. The van der Waals surface area contributed by atoms with E-state index in [1.54, 1.807) is 36.4 Å². The van der Waals surface area contributed by atoms with Crippen molar-refractivity contribution in [3.05, 3.63) is 82.8 Å². The fourth-order valence-electron chi connectivity index (χ4n) is 2.43. The minimum absolute atomic E-state index is 0.114. The van der Waals surface area contributed by atoms with E-state index in [4.69, 9.17) is 20.8 Å². The van der Waals surface area contributed by atoms with Crippen LogP contribution in [0.5, 0.6) is 5.75 Å². The van der Waals surface area contributed by atoms with Gasteiger partial charge in [0.1, 0.15) is 18.1 Å². The van der Waals surface area contributed by atoms with Gasteiger partial charge in [0.2, 0.25) is 5.91 Å².